The normalized spacial score (nSPS) is 11.5. The summed E-state index contributed by atoms with van der Waals surface area (Å²) >= 11 is 5.40. The SMILES string of the molecule is N/C(=N/O)c1cn[nH]c1NC(=O)c1cc(F)c(Cl)cc1F. The fraction of sp³-hybridized carbons (Fsp3) is 0. The number of aromatic nitrogens is 2. The first kappa shape index (κ1) is 14.7. The third-order valence-corrected chi connectivity index (χ3v) is 2.81. The lowest BCUT2D eigenvalue weighted by molar-refractivity contribution is 0.102. The lowest BCUT2D eigenvalue weighted by Gasteiger charge is -2.06. The molecule has 5 N–H and O–H groups in total. The molecule has 0 saturated carbocycles. The van der Waals surface area contributed by atoms with Crippen LogP contribution in [-0.2, 0) is 0 Å². The number of hydrogen-bond donors (Lipinski definition) is 4. The third-order valence-electron chi connectivity index (χ3n) is 2.52. The Balaban J connectivity index is 2.31. The number of carbonyl (C=O) groups is 1. The van der Waals surface area contributed by atoms with Crippen LogP contribution in [0, 0.1) is 11.6 Å². The Morgan fingerprint density at radius 1 is 1.38 bits per heavy atom. The van der Waals surface area contributed by atoms with Crippen molar-refractivity contribution in [2.75, 3.05) is 5.32 Å². The minimum absolute atomic E-state index is 0.0370. The Bertz CT molecular complexity index is 731. The number of halogens is 3. The second kappa shape index (κ2) is 5.75. The van der Waals surface area contributed by atoms with Crippen molar-refractivity contribution in [1.29, 1.82) is 0 Å². The highest BCUT2D eigenvalue weighted by atomic mass is 35.5. The molecule has 0 aliphatic heterocycles. The summed E-state index contributed by atoms with van der Waals surface area (Å²) in [4.78, 5) is 11.9. The molecule has 0 unspecified atom stereocenters. The van der Waals surface area contributed by atoms with Gasteiger partial charge in [0.25, 0.3) is 5.91 Å². The average molecular weight is 316 g/mol. The molecule has 0 spiro atoms. The molecule has 1 amide bonds. The molecule has 0 atom stereocenters. The monoisotopic (exact) mass is 315 g/mol. The van der Waals surface area contributed by atoms with Crippen molar-refractivity contribution in [2.45, 2.75) is 0 Å². The predicted molar refractivity (Wildman–Crippen MR) is 70.4 cm³/mol. The maximum Gasteiger partial charge on any atom is 0.259 e. The molecule has 1 heterocycles. The zero-order valence-corrected chi connectivity index (χ0v) is 10.9. The van der Waals surface area contributed by atoms with Crippen LogP contribution in [0.25, 0.3) is 0 Å². The zero-order valence-electron chi connectivity index (χ0n) is 10.2. The van der Waals surface area contributed by atoms with E-state index in [-0.39, 0.29) is 17.2 Å². The van der Waals surface area contributed by atoms with Crippen LogP contribution < -0.4 is 11.1 Å². The molecule has 0 radical (unpaired) electrons. The van der Waals surface area contributed by atoms with E-state index >= 15 is 0 Å². The van der Waals surface area contributed by atoms with E-state index in [0.717, 1.165) is 0 Å². The molecule has 2 aromatic rings. The standard InChI is InChI=1S/C11H8ClF2N5O2/c12-6-2-7(13)4(1-8(6)14)11(20)17-10-5(3-16-18-10)9(15)19-21/h1-3,21H,(H2,15,19)(H2,16,17,18,20). The van der Waals surface area contributed by atoms with Gasteiger partial charge in [0.05, 0.1) is 22.3 Å². The highest BCUT2D eigenvalue weighted by Gasteiger charge is 2.18. The molecule has 0 aliphatic rings. The van der Waals surface area contributed by atoms with Gasteiger partial charge in [-0.1, -0.05) is 16.8 Å². The summed E-state index contributed by atoms with van der Waals surface area (Å²) in [6.07, 6.45) is 1.18. The number of aromatic amines is 1. The Morgan fingerprint density at radius 3 is 2.76 bits per heavy atom. The molecule has 1 aromatic carbocycles. The highest BCUT2D eigenvalue weighted by Crippen LogP contribution is 2.20. The number of amides is 1. The number of amidine groups is 1. The Kier molecular flexibility index (Phi) is 4.03. The molecule has 7 nitrogen and oxygen atoms in total. The van der Waals surface area contributed by atoms with Crippen molar-refractivity contribution < 1.29 is 18.8 Å². The van der Waals surface area contributed by atoms with Gasteiger partial charge in [0.2, 0.25) is 0 Å². The Hall–Kier alpha value is -2.68. The topological polar surface area (TPSA) is 116 Å². The minimum Gasteiger partial charge on any atom is -0.409 e. The number of oxime groups is 1. The van der Waals surface area contributed by atoms with Gasteiger partial charge in [-0.05, 0) is 12.1 Å². The van der Waals surface area contributed by atoms with Crippen molar-refractivity contribution in [3.63, 3.8) is 0 Å². The number of hydrogen-bond acceptors (Lipinski definition) is 4. The number of nitrogens with two attached hydrogens (primary N) is 1. The maximum atomic E-state index is 13.6. The number of carbonyl (C=O) groups excluding carboxylic acids is 1. The first-order chi connectivity index (χ1) is 9.93. The van der Waals surface area contributed by atoms with Gasteiger partial charge < -0.3 is 16.3 Å². The fourth-order valence-corrected chi connectivity index (χ4v) is 1.66. The molecule has 0 aliphatic carbocycles. The number of anilines is 1. The summed E-state index contributed by atoms with van der Waals surface area (Å²) in [5.74, 6) is -3.25. The van der Waals surface area contributed by atoms with E-state index in [9.17, 15) is 13.6 Å². The van der Waals surface area contributed by atoms with Gasteiger partial charge in [0, 0.05) is 0 Å². The minimum atomic E-state index is -0.997. The Morgan fingerprint density at radius 2 is 2.10 bits per heavy atom. The van der Waals surface area contributed by atoms with Crippen LogP contribution in [0.15, 0.2) is 23.5 Å². The van der Waals surface area contributed by atoms with Crippen molar-refractivity contribution in [3.8, 4) is 0 Å². The molecular weight excluding hydrogens is 308 g/mol. The third kappa shape index (κ3) is 2.92. The lowest BCUT2D eigenvalue weighted by atomic mass is 10.2. The van der Waals surface area contributed by atoms with Crippen molar-refractivity contribution in [2.24, 2.45) is 10.9 Å². The quantitative estimate of drug-likeness (QED) is 0.227. The highest BCUT2D eigenvalue weighted by molar-refractivity contribution is 6.30. The van der Waals surface area contributed by atoms with Gasteiger partial charge >= 0.3 is 0 Å². The molecule has 2 rings (SSSR count). The molecule has 10 heteroatoms. The molecule has 1 aromatic heterocycles. The maximum absolute atomic E-state index is 13.6. The van der Waals surface area contributed by atoms with Crippen LogP contribution in [0.4, 0.5) is 14.6 Å². The second-order valence-electron chi connectivity index (χ2n) is 3.84. The lowest BCUT2D eigenvalue weighted by Crippen LogP contribution is -2.19. The van der Waals surface area contributed by atoms with Crippen molar-refractivity contribution in [3.05, 3.63) is 46.1 Å². The first-order valence-corrected chi connectivity index (χ1v) is 5.79. The molecule has 0 saturated heterocycles. The van der Waals surface area contributed by atoms with E-state index in [1.807, 2.05) is 0 Å². The second-order valence-corrected chi connectivity index (χ2v) is 4.25. The molecule has 110 valence electrons. The van der Waals surface area contributed by atoms with E-state index in [1.54, 1.807) is 0 Å². The summed E-state index contributed by atoms with van der Waals surface area (Å²) in [5.41, 5.74) is 4.89. The fourth-order valence-electron chi connectivity index (χ4n) is 1.51. The molecule has 0 bridgehead atoms. The number of benzene rings is 1. The number of nitrogens with zero attached hydrogens (tertiary/aromatic N) is 2. The largest absolute Gasteiger partial charge is 0.409 e. The molecule has 0 fully saturated rings. The van der Waals surface area contributed by atoms with E-state index in [4.69, 9.17) is 22.5 Å². The van der Waals surface area contributed by atoms with E-state index < -0.39 is 28.1 Å². The zero-order chi connectivity index (χ0) is 15.6. The van der Waals surface area contributed by atoms with E-state index in [1.165, 1.54) is 6.20 Å². The first-order valence-electron chi connectivity index (χ1n) is 5.41. The summed E-state index contributed by atoms with van der Waals surface area (Å²) in [6, 6.07) is 1.34. The van der Waals surface area contributed by atoms with E-state index in [2.05, 4.69) is 20.7 Å². The summed E-state index contributed by atoms with van der Waals surface area (Å²) in [7, 11) is 0. The Labute approximate surface area is 121 Å². The smallest absolute Gasteiger partial charge is 0.259 e. The van der Waals surface area contributed by atoms with Crippen LogP contribution in [0.2, 0.25) is 5.02 Å². The van der Waals surface area contributed by atoms with Crippen LogP contribution in [0.5, 0.6) is 0 Å². The predicted octanol–water partition coefficient (Wildman–Crippen LogP) is 1.69. The molecular formula is C11H8ClF2N5O2. The summed E-state index contributed by atoms with van der Waals surface area (Å²) < 4.78 is 26.9. The summed E-state index contributed by atoms with van der Waals surface area (Å²) in [5, 5.41) is 19.1. The average Bonchev–Trinajstić information content (AvgIpc) is 2.90. The van der Waals surface area contributed by atoms with Crippen LogP contribution >= 0.6 is 11.6 Å². The summed E-state index contributed by atoms with van der Waals surface area (Å²) in [6.45, 7) is 0. The number of nitrogens with one attached hydrogen (secondary N) is 2. The van der Waals surface area contributed by atoms with Gasteiger partial charge in [-0.15, -0.1) is 0 Å². The van der Waals surface area contributed by atoms with Gasteiger partial charge in [-0.3, -0.25) is 9.89 Å². The number of rotatable bonds is 3. The van der Waals surface area contributed by atoms with Gasteiger partial charge in [0.15, 0.2) is 5.84 Å². The van der Waals surface area contributed by atoms with E-state index in [0.29, 0.717) is 12.1 Å². The van der Waals surface area contributed by atoms with Crippen LogP contribution in [0.1, 0.15) is 15.9 Å². The van der Waals surface area contributed by atoms with Crippen LogP contribution in [-0.4, -0.2) is 27.1 Å². The number of H-pyrrole nitrogens is 1. The van der Waals surface area contributed by atoms with Crippen molar-refractivity contribution in [1.82, 2.24) is 10.2 Å². The van der Waals surface area contributed by atoms with Crippen LogP contribution in [0.3, 0.4) is 0 Å². The van der Waals surface area contributed by atoms with Gasteiger partial charge in [-0.25, -0.2) is 8.78 Å². The van der Waals surface area contributed by atoms with Crippen molar-refractivity contribution >= 4 is 29.2 Å². The van der Waals surface area contributed by atoms with Gasteiger partial charge in [-0.2, -0.15) is 5.10 Å². The molecule has 21 heavy (non-hydrogen) atoms. The van der Waals surface area contributed by atoms with Gasteiger partial charge in [0.1, 0.15) is 17.5 Å².